The normalized spacial score (nSPS) is 13.1. The Morgan fingerprint density at radius 3 is 2.65 bits per heavy atom. The number of alkyl halides is 3. The molecule has 0 aliphatic carbocycles. The van der Waals surface area contributed by atoms with E-state index in [0.29, 0.717) is 4.47 Å². The second kappa shape index (κ2) is 7.03. The second-order valence-corrected chi connectivity index (χ2v) is 4.76. The van der Waals surface area contributed by atoms with E-state index in [2.05, 4.69) is 20.7 Å². The standard InChI is InChI=1S/C12H12BrF4NO2/c1-2-20-11(19)10(18-6-12(15,16)17)8-5-7(13)3-4-9(8)14/h3-5,10,18H,2,6H2,1H3. The van der Waals surface area contributed by atoms with Crippen molar-refractivity contribution in [1.82, 2.24) is 5.32 Å². The molecule has 0 radical (unpaired) electrons. The van der Waals surface area contributed by atoms with Gasteiger partial charge < -0.3 is 4.74 Å². The summed E-state index contributed by atoms with van der Waals surface area (Å²) in [5, 5.41) is 1.97. The minimum atomic E-state index is -4.52. The molecule has 0 saturated carbocycles. The average molecular weight is 358 g/mol. The van der Waals surface area contributed by atoms with Crippen molar-refractivity contribution in [3.8, 4) is 0 Å². The van der Waals surface area contributed by atoms with Crippen molar-refractivity contribution in [3.05, 3.63) is 34.1 Å². The Hall–Kier alpha value is -1.15. The van der Waals surface area contributed by atoms with E-state index in [0.717, 1.165) is 6.07 Å². The van der Waals surface area contributed by atoms with Crippen LogP contribution in [-0.4, -0.2) is 25.3 Å². The zero-order valence-corrected chi connectivity index (χ0v) is 12.0. The minimum absolute atomic E-state index is 0.0152. The van der Waals surface area contributed by atoms with E-state index in [1.165, 1.54) is 19.1 Å². The third-order valence-corrected chi connectivity index (χ3v) is 2.79. The third kappa shape index (κ3) is 5.09. The molecule has 0 aromatic heterocycles. The molecule has 0 amide bonds. The molecule has 112 valence electrons. The summed E-state index contributed by atoms with van der Waals surface area (Å²) in [6.45, 7) is 0.0665. The zero-order valence-electron chi connectivity index (χ0n) is 10.4. The lowest BCUT2D eigenvalue weighted by Crippen LogP contribution is -2.37. The van der Waals surface area contributed by atoms with E-state index in [-0.39, 0.29) is 12.2 Å². The zero-order chi connectivity index (χ0) is 15.3. The van der Waals surface area contributed by atoms with Gasteiger partial charge in [0.25, 0.3) is 0 Å². The monoisotopic (exact) mass is 357 g/mol. The molecule has 0 spiro atoms. The number of carbonyl (C=O) groups excluding carboxylic acids is 1. The third-order valence-electron chi connectivity index (χ3n) is 2.30. The predicted molar refractivity (Wildman–Crippen MR) is 67.5 cm³/mol. The lowest BCUT2D eigenvalue weighted by atomic mass is 10.1. The first-order valence-corrected chi connectivity index (χ1v) is 6.45. The summed E-state index contributed by atoms with van der Waals surface area (Å²) >= 11 is 3.07. The maximum absolute atomic E-state index is 13.7. The van der Waals surface area contributed by atoms with Crippen molar-refractivity contribution in [3.63, 3.8) is 0 Å². The Balaban J connectivity index is 3.03. The van der Waals surface area contributed by atoms with Gasteiger partial charge in [-0.3, -0.25) is 5.32 Å². The summed E-state index contributed by atoms with van der Waals surface area (Å²) in [7, 11) is 0. The van der Waals surface area contributed by atoms with Crippen LogP contribution in [0, 0.1) is 5.82 Å². The molecule has 1 aromatic rings. The Bertz CT molecular complexity index is 479. The SMILES string of the molecule is CCOC(=O)C(NCC(F)(F)F)c1cc(Br)ccc1F. The van der Waals surface area contributed by atoms with E-state index in [1.54, 1.807) is 0 Å². The fourth-order valence-electron chi connectivity index (χ4n) is 1.50. The van der Waals surface area contributed by atoms with Crippen molar-refractivity contribution in [2.24, 2.45) is 0 Å². The van der Waals surface area contributed by atoms with Gasteiger partial charge >= 0.3 is 12.1 Å². The van der Waals surface area contributed by atoms with Crippen molar-refractivity contribution in [2.45, 2.75) is 19.1 Å². The summed E-state index contributed by atoms with van der Waals surface area (Å²) in [6.07, 6.45) is -4.52. The molecule has 20 heavy (non-hydrogen) atoms. The highest BCUT2D eigenvalue weighted by atomic mass is 79.9. The molecule has 3 nitrogen and oxygen atoms in total. The van der Waals surface area contributed by atoms with Gasteiger partial charge in [0, 0.05) is 10.0 Å². The van der Waals surface area contributed by atoms with Crippen molar-refractivity contribution < 1.29 is 27.1 Å². The number of halogens is 5. The van der Waals surface area contributed by atoms with Crippen molar-refractivity contribution in [1.29, 1.82) is 0 Å². The van der Waals surface area contributed by atoms with Crippen LogP contribution in [0.3, 0.4) is 0 Å². The summed E-state index contributed by atoms with van der Waals surface area (Å²) in [6, 6.07) is 2.15. The van der Waals surface area contributed by atoms with E-state index in [1.807, 2.05) is 5.32 Å². The van der Waals surface area contributed by atoms with Crippen LogP contribution in [0.15, 0.2) is 22.7 Å². The molecule has 0 aliphatic rings. The van der Waals surface area contributed by atoms with Crippen LogP contribution in [0.4, 0.5) is 17.6 Å². The van der Waals surface area contributed by atoms with Crippen molar-refractivity contribution in [2.75, 3.05) is 13.2 Å². The summed E-state index contributed by atoms with van der Waals surface area (Å²) in [5.74, 6) is -1.75. The molecule has 0 bridgehead atoms. The summed E-state index contributed by atoms with van der Waals surface area (Å²) in [5.41, 5.74) is -0.206. The number of carbonyl (C=O) groups is 1. The maximum Gasteiger partial charge on any atom is 0.401 e. The molecule has 1 aromatic carbocycles. The average Bonchev–Trinajstić information content (AvgIpc) is 2.32. The number of ether oxygens (including phenoxy) is 1. The van der Waals surface area contributed by atoms with Gasteiger partial charge in [-0.1, -0.05) is 15.9 Å². The Labute approximate surface area is 121 Å². The first kappa shape index (κ1) is 16.9. The number of esters is 1. The van der Waals surface area contributed by atoms with Crippen LogP contribution in [0.5, 0.6) is 0 Å². The lowest BCUT2D eigenvalue weighted by Gasteiger charge is -2.19. The predicted octanol–water partition coefficient (Wildman–Crippen LogP) is 3.34. The number of benzene rings is 1. The van der Waals surface area contributed by atoms with Gasteiger partial charge in [-0.2, -0.15) is 13.2 Å². The van der Waals surface area contributed by atoms with Crippen LogP contribution in [-0.2, 0) is 9.53 Å². The molecular formula is C12H12BrF4NO2. The quantitative estimate of drug-likeness (QED) is 0.648. The molecule has 1 N–H and O–H groups in total. The minimum Gasteiger partial charge on any atom is -0.465 e. The van der Waals surface area contributed by atoms with E-state index in [9.17, 15) is 22.4 Å². The topological polar surface area (TPSA) is 38.3 Å². The molecule has 1 atom stereocenters. The molecule has 0 aliphatic heterocycles. The fourth-order valence-corrected chi connectivity index (χ4v) is 1.88. The smallest absolute Gasteiger partial charge is 0.401 e. The molecular weight excluding hydrogens is 346 g/mol. The number of nitrogens with one attached hydrogen (secondary N) is 1. The second-order valence-electron chi connectivity index (χ2n) is 3.85. The molecule has 0 saturated heterocycles. The Morgan fingerprint density at radius 1 is 1.45 bits per heavy atom. The number of hydrogen-bond acceptors (Lipinski definition) is 3. The number of hydrogen-bond donors (Lipinski definition) is 1. The number of rotatable bonds is 5. The highest BCUT2D eigenvalue weighted by Crippen LogP contribution is 2.24. The largest absolute Gasteiger partial charge is 0.465 e. The van der Waals surface area contributed by atoms with Gasteiger partial charge in [0.2, 0.25) is 0 Å². The molecule has 1 rings (SSSR count). The molecule has 0 heterocycles. The molecule has 1 unspecified atom stereocenters. The summed E-state index contributed by atoms with van der Waals surface area (Å²) in [4.78, 5) is 11.7. The van der Waals surface area contributed by atoms with E-state index < -0.39 is 30.5 Å². The van der Waals surface area contributed by atoms with Gasteiger partial charge in [0.1, 0.15) is 11.9 Å². The van der Waals surface area contributed by atoms with Gasteiger partial charge in [-0.15, -0.1) is 0 Å². The highest BCUT2D eigenvalue weighted by molar-refractivity contribution is 9.10. The Kier molecular flexibility index (Phi) is 5.94. The van der Waals surface area contributed by atoms with Crippen LogP contribution in [0.25, 0.3) is 0 Å². The van der Waals surface area contributed by atoms with E-state index in [4.69, 9.17) is 0 Å². The van der Waals surface area contributed by atoms with Crippen LogP contribution >= 0.6 is 15.9 Å². The lowest BCUT2D eigenvalue weighted by molar-refractivity contribution is -0.149. The van der Waals surface area contributed by atoms with Gasteiger partial charge in [-0.05, 0) is 25.1 Å². The van der Waals surface area contributed by atoms with Crippen LogP contribution in [0.2, 0.25) is 0 Å². The fraction of sp³-hybridized carbons (Fsp3) is 0.417. The highest BCUT2D eigenvalue weighted by Gasteiger charge is 2.32. The van der Waals surface area contributed by atoms with Crippen molar-refractivity contribution >= 4 is 21.9 Å². The van der Waals surface area contributed by atoms with Crippen LogP contribution < -0.4 is 5.32 Å². The van der Waals surface area contributed by atoms with Crippen LogP contribution in [0.1, 0.15) is 18.5 Å². The van der Waals surface area contributed by atoms with Gasteiger partial charge in [0.15, 0.2) is 0 Å². The van der Waals surface area contributed by atoms with Gasteiger partial charge in [-0.25, -0.2) is 9.18 Å². The molecule has 8 heteroatoms. The first-order valence-electron chi connectivity index (χ1n) is 5.66. The maximum atomic E-state index is 13.7. The Morgan fingerprint density at radius 2 is 2.10 bits per heavy atom. The van der Waals surface area contributed by atoms with Gasteiger partial charge in [0.05, 0.1) is 13.2 Å². The molecule has 0 fully saturated rings. The first-order chi connectivity index (χ1) is 9.24. The summed E-state index contributed by atoms with van der Waals surface area (Å²) < 4.78 is 55.5. The van der Waals surface area contributed by atoms with E-state index >= 15 is 0 Å².